The van der Waals surface area contributed by atoms with Gasteiger partial charge in [-0.3, -0.25) is 0 Å². The van der Waals surface area contributed by atoms with E-state index in [0.717, 1.165) is 5.56 Å². The molecule has 0 bridgehead atoms. The lowest BCUT2D eigenvalue weighted by atomic mass is 10.1. The molecule has 0 atom stereocenters. The average Bonchev–Trinajstić information content (AvgIpc) is 2.08. The van der Waals surface area contributed by atoms with Crippen molar-refractivity contribution in [2.75, 3.05) is 0 Å². The molecule has 0 heterocycles. The molecule has 1 aromatic carbocycles. The van der Waals surface area contributed by atoms with Crippen LogP contribution in [0.2, 0.25) is 5.02 Å². The van der Waals surface area contributed by atoms with Gasteiger partial charge in [0.25, 0.3) is 0 Å². The number of hydrogen-bond acceptors (Lipinski definition) is 1. The summed E-state index contributed by atoms with van der Waals surface area (Å²) >= 11 is 5.66. The molecule has 0 aromatic heterocycles. The number of nitrogens with zero attached hydrogens (tertiary/aromatic N) is 1. The number of aryl methyl sites for hydroxylation is 1. The lowest BCUT2D eigenvalue weighted by molar-refractivity contribution is 1.39. The van der Waals surface area contributed by atoms with Crippen LogP contribution in [0.3, 0.4) is 0 Å². The Morgan fingerprint density at radius 1 is 1.33 bits per heavy atom. The van der Waals surface area contributed by atoms with Crippen molar-refractivity contribution in [2.24, 2.45) is 0 Å². The number of hydrogen-bond donors (Lipinski definition) is 0. The molecule has 1 nitrogen and oxygen atoms in total. The van der Waals surface area contributed by atoms with E-state index in [-0.39, 0.29) is 0 Å². The van der Waals surface area contributed by atoms with Crippen LogP contribution in [0, 0.1) is 18.3 Å². The number of rotatable bonds is 0. The van der Waals surface area contributed by atoms with E-state index >= 15 is 0 Å². The van der Waals surface area contributed by atoms with Crippen molar-refractivity contribution in [3.05, 3.63) is 34.3 Å². The molecule has 0 radical (unpaired) electrons. The van der Waals surface area contributed by atoms with Gasteiger partial charge in [-0.25, -0.2) is 0 Å². The van der Waals surface area contributed by atoms with Crippen LogP contribution in [0.1, 0.15) is 25.0 Å². The van der Waals surface area contributed by atoms with E-state index < -0.39 is 0 Å². The van der Waals surface area contributed by atoms with E-state index in [4.69, 9.17) is 16.9 Å². The Balaban J connectivity index is 0.000000561. The first-order valence-corrected chi connectivity index (χ1v) is 4.28. The van der Waals surface area contributed by atoms with Crippen LogP contribution in [0.15, 0.2) is 18.2 Å². The molecule has 0 saturated carbocycles. The Morgan fingerprint density at radius 3 is 2.33 bits per heavy atom. The summed E-state index contributed by atoms with van der Waals surface area (Å²) in [5.74, 6) is 0. The first-order valence-electron chi connectivity index (χ1n) is 3.90. The summed E-state index contributed by atoms with van der Waals surface area (Å²) in [6, 6.07) is 7.28. The van der Waals surface area contributed by atoms with Crippen molar-refractivity contribution in [1.82, 2.24) is 0 Å². The van der Waals surface area contributed by atoms with Crippen molar-refractivity contribution >= 4 is 11.6 Å². The molecule has 0 aliphatic rings. The van der Waals surface area contributed by atoms with Crippen molar-refractivity contribution in [1.29, 1.82) is 5.26 Å². The number of halogens is 1. The summed E-state index contributed by atoms with van der Waals surface area (Å²) in [5.41, 5.74) is 1.61. The minimum Gasteiger partial charge on any atom is -0.192 e. The smallest absolute Gasteiger partial charge is 0.0994 e. The molecule has 0 aliphatic carbocycles. The monoisotopic (exact) mass is 181 g/mol. The Labute approximate surface area is 78.6 Å². The molecule has 2 heteroatoms. The van der Waals surface area contributed by atoms with Gasteiger partial charge in [-0.15, -0.1) is 0 Å². The molecule has 0 N–H and O–H groups in total. The highest BCUT2D eigenvalue weighted by Crippen LogP contribution is 2.13. The third-order valence-electron chi connectivity index (χ3n) is 1.31. The van der Waals surface area contributed by atoms with Crippen molar-refractivity contribution < 1.29 is 0 Å². The van der Waals surface area contributed by atoms with Crippen molar-refractivity contribution in [3.8, 4) is 6.07 Å². The van der Waals surface area contributed by atoms with E-state index in [1.165, 1.54) is 0 Å². The fourth-order valence-electron chi connectivity index (χ4n) is 0.753. The van der Waals surface area contributed by atoms with Gasteiger partial charge in [-0.2, -0.15) is 5.26 Å². The van der Waals surface area contributed by atoms with Crippen molar-refractivity contribution in [2.45, 2.75) is 20.8 Å². The van der Waals surface area contributed by atoms with Gasteiger partial charge in [0, 0.05) is 5.02 Å². The van der Waals surface area contributed by atoms with Gasteiger partial charge in [0.1, 0.15) is 0 Å². The van der Waals surface area contributed by atoms with E-state index in [1.54, 1.807) is 18.2 Å². The first kappa shape index (κ1) is 11.0. The van der Waals surface area contributed by atoms with Gasteiger partial charge in [-0.1, -0.05) is 25.4 Å². The average molecular weight is 182 g/mol. The van der Waals surface area contributed by atoms with Gasteiger partial charge >= 0.3 is 0 Å². The van der Waals surface area contributed by atoms with Gasteiger partial charge in [-0.05, 0) is 30.7 Å². The largest absolute Gasteiger partial charge is 0.192 e. The third kappa shape index (κ3) is 2.94. The topological polar surface area (TPSA) is 23.8 Å². The van der Waals surface area contributed by atoms with E-state index in [1.807, 2.05) is 20.8 Å². The minimum atomic E-state index is 0.677. The van der Waals surface area contributed by atoms with Gasteiger partial charge in [0.05, 0.1) is 11.6 Å². The minimum absolute atomic E-state index is 0.677. The van der Waals surface area contributed by atoms with Crippen LogP contribution in [0.5, 0.6) is 0 Å². The number of benzene rings is 1. The zero-order valence-corrected chi connectivity index (χ0v) is 8.31. The quantitative estimate of drug-likeness (QED) is 0.601. The summed E-state index contributed by atoms with van der Waals surface area (Å²) in [6.07, 6.45) is 0. The second-order valence-electron chi connectivity index (χ2n) is 2.07. The fourth-order valence-corrected chi connectivity index (χ4v) is 0.979. The Bertz CT molecular complexity index is 286. The zero-order valence-electron chi connectivity index (χ0n) is 7.56. The maximum absolute atomic E-state index is 8.52. The second-order valence-corrected chi connectivity index (χ2v) is 2.51. The molecule has 64 valence electrons. The Kier molecular flexibility index (Phi) is 5.16. The molecule has 0 spiro atoms. The highest BCUT2D eigenvalue weighted by atomic mass is 35.5. The lowest BCUT2D eigenvalue weighted by Gasteiger charge is -1.94. The lowest BCUT2D eigenvalue weighted by Crippen LogP contribution is -1.79. The second kappa shape index (κ2) is 5.62. The number of nitriles is 1. The first-order chi connectivity index (χ1) is 5.74. The van der Waals surface area contributed by atoms with Crippen LogP contribution >= 0.6 is 11.6 Å². The van der Waals surface area contributed by atoms with Gasteiger partial charge < -0.3 is 0 Å². The molecule has 0 aliphatic heterocycles. The normalized spacial score (nSPS) is 7.92. The fraction of sp³-hybridized carbons (Fsp3) is 0.300. The molecule has 0 amide bonds. The van der Waals surface area contributed by atoms with Crippen molar-refractivity contribution in [3.63, 3.8) is 0 Å². The summed E-state index contributed by atoms with van der Waals surface area (Å²) in [4.78, 5) is 0. The molecule has 1 aromatic rings. The summed E-state index contributed by atoms with van der Waals surface area (Å²) in [5, 5.41) is 9.19. The van der Waals surface area contributed by atoms with E-state index in [2.05, 4.69) is 6.07 Å². The SMILES string of the molecule is CC.Cc1cc(Cl)ccc1C#N. The van der Waals surface area contributed by atoms with Crippen LogP contribution < -0.4 is 0 Å². The summed E-state index contributed by atoms with van der Waals surface area (Å²) in [6.45, 7) is 5.87. The zero-order chi connectivity index (χ0) is 9.56. The van der Waals surface area contributed by atoms with Gasteiger partial charge in [0.15, 0.2) is 0 Å². The summed E-state index contributed by atoms with van der Waals surface area (Å²) in [7, 11) is 0. The molecule has 12 heavy (non-hydrogen) atoms. The molecule has 1 rings (SSSR count). The maximum Gasteiger partial charge on any atom is 0.0994 e. The third-order valence-corrected chi connectivity index (χ3v) is 1.54. The van der Waals surface area contributed by atoms with E-state index in [0.29, 0.717) is 10.6 Å². The van der Waals surface area contributed by atoms with Crippen LogP contribution in [-0.2, 0) is 0 Å². The predicted octanol–water partition coefficient (Wildman–Crippen LogP) is 3.55. The highest BCUT2D eigenvalue weighted by Gasteiger charge is 1.95. The molecule has 0 unspecified atom stereocenters. The van der Waals surface area contributed by atoms with Crippen LogP contribution in [-0.4, -0.2) is 0 Å². The van der Waals surface area contributed by atoms with Crippen LogP contribution in [0.4, 0.5) is 0 Å². The highest BCUT2D eigenvalue weighted by molar-refractivity contribution is 6.30. The van der Waals surface area contributed by atoms with Crippen LogP contribution in [0.25, 0.3) is 0 Å². The molecule has 0 saturated heterocycles. The maximum atomic E-state index is 8.52. The predicted molar refractivity (Wildman–Crippen MR) is 52.3 cm³/mol. The van der Waals surface area contributed by atoms with Gasteiger partial charge in [0.2, 0.25) is 0 Å². The standard InChI is InChI=1S/C8H6ClN.C2H6/c1-6-4-8(9)3-2-7(6)5-10;1-2/h2-4H,1H3;1-2H3. The molecule has 0 fully saturated rings. The Hall–Kier alpha value is -1.00. The van der Waals surface area contributed by atoms with E-state index in [9.17, 15) is 0 Å². The molecular formula is C10H12ClN. The Morgan fingerprint density at radius 2 is 1.92 bits per heavy atom. The summed E-state index contributed by atoms with van der Waals surface area (Å²) < 4.78 is 0. The molecular weight excluding hydrogens is 170 g/mol.